The summed E-state index contributed by atoms with van der Waals surface area (Å²) >= 11 is 0. The van der Waals surface area contributed by atoms with Gasteiger partial charge in [-0.2, -0.15) is 0 Å². The monoisotopic (exact) mass is 517 g/mol. The van der Waals surface area contributed by atoms with Crippen molar-refractivity contribution in [2.45, 2.75) is 63.1 Å². The number of carboxylic acids is 1. The molecule has 0 fully saturated rings. The summed E-state index contributed by atoms with van der Waals surface area (Å²) in [7, 11) is 0. The number of unbranched alkanes of at least 4 members (excludes halogenated alkanes) is 2. The van der Waals surface area contributed by atoms with E-state index in [-0.39, 0.29) is 25.8 Å². The number of benzene rings is 1. The molecule has 0 aliphatic carbocycles. The van der Waals surface area contributed by atoms with Crippen LogP contribution >= 0.6 is 0 Å². The van der Waals surface area contributed by atoms with Crippen LogP contribution < -0.4 is 33.2 Å². The van der Waals surface area contributed by atoms with Crippen molar-refractivity contribution in [3.63, 3.8) is 0 Å². The number of H-pyrrole nitrogens is 1. The normalized spacial score (nSPS) is 13.5. The van der Waals surface area contributed by atoms with Gasteiger partial charge in [0.15, 0.2) is 0 Å². The Kier molecular flexibility index (Phi) is 12.5. The van der Waals surface area contributed by atoms with Crippen LogP contribution in [0.4, 0.5) is 0 Å². The number of hydrogen-bond donors (Lipinski definition) is 8. The van der Waals surface area contributed by atoms with Crippen LogP contribution in [0, 0.1) is 0 Å². The second-order valence-corrected chi connectivity index (χ2v) is 8.92. The number of aliphatic carboxylic acids is 1. The molecule has 1 heterocycles. The first-order valence-corrected chi connectivity index (χ1v) is 12.6. The lowest BCUT2D eigenvalue weighted by Crippen LogP contribution is -2.56. The smallest absolute Gasteiger partial charge is 0.326 e. The molecular formula is C25H39N7O5. The molecule has 0 spiro atoms. The minimum absolute atomic E-state index is 0.162. The molecule has 12 nitrogen and oxygen atoms in total. The van der Waals surface area contributed by atoms with Crippen LogP contribution in [0.5, 0.6) is 0 Å². The number of para-hydroxylation sites is 1. The molecular weight excluding hydrogens is 478 g/mol. The highest BCUT2D eigenvalue weighted by molar-refractivity contribution is 5.94. The van der Waals surface area contributed by atoms with Crippen molar-refractivity contribution in [3.8, 4) is 0 Å². The van der Waals surface area contributed by atoms with E-state index < -0.39 is 41.8 Å². The molecule has 0 saturated heterocycles. The minimum Gasteiger partial charge on any atom is -0.480 e. The van der Waals surface area contributed by atoms with Crippen LogP contribution in [0.25, 0.3) is 10.9 Å². The van der Waals surface area contributed by atoms with Gasteiger partial charge in [-0.25, -0.2) is 4.79 Å². The molecule has 12 heteroatoms. The summed E-state index contributed by atoms with van der Waals surface area (Å²) in [4.78, 5) is 53.3. The number of carbonyl (C=O) groups is 4. The third-order valence-corrected chi connectivity index (χ3v) is 6.08. The van der Waals surface area contributed by atoms with Crippen molar-refractivity contribution in [2.75, 3.05) is 19.6 Å². The van der Waals surface area contributed by atoms with E-state index in [4.69, 9.17) is 17.2 Å². The number of carboxylic acid groups (broad SMARTS) is 1. The van der Waals surface area contributed by atoms with Gasteiger partial charge in [0.05, 0.1) is 6.54 Å². The van der Waals surface area contributed by atoms with E-state index in [1.54, 1.807) is 6.20 Å². The number of hydrogen-bond acceptors (Lipinski definition) is 7. The maximum absolute atomic E-state index is 13.3. The Morgan fingerprint density at radius 2 is 1.41 bits per heavy atom. The number of fused-ring (bicyclic) bond motifs is 1. The molecule has 0 saturated carbocycles. The summed E-state index contributed by atoms with van der Waals surface area (Å²) in [6.45, 7) is 0.528. The van der Waals surface area contributed by atoms with Gasteiger partial charge in [-0.1, -0.05) is 18.2 Å². The number of amides is 3. The first-order chi connectivity index (χ1) is 17.8. The number of rotatable bonds is 17. The van der Waals surface area contributed by atoms with Gasteiger partial charge in [-0.3, -0.25) is 14.4 Å². The van der Waals surface area contributed by atoms with Crippen LogP contribution in [0.3, 0.4) is 0 Å². The molecule has 0 aliphatic rings. The topological polar surface area (TPSA) is 218 Å². The average Bonchev–Trinajstić information content (AvgIpc) is 3.29. The van der Waals surface area contributed by atoms with Gasteiger partial charge in [0, 0.05) is 23.5 Å². The van der Waals surface area contributed by atoms with E-state index in [0.717, 1.165) is 16.5 Å². The van der Waals surface area contributed by atoms with Crippen molar-refractivity contribution in [3.05, 3.63) is 36.0 Å². The van der Waals surface area contributed by atoms with Crippen molar-refractivity contribution in [2.24, 2.45) is 17.2 Å². The Balaban J connectivity index is 2.19. The van der Waals surface area contributed by atoms with Crippen molar-refractivity contribution >= 4 is 34.6 Å². The maximum atomic E-state index is 13.3. The first-order valence-electron chi connectivity index (χ1n) is 12.6. The van der Waals surface area contributed by atoms with Gasteiger partial charge in [0.2, 0.25) is 17.7 Å². The fourth-order valence-electron chi connectivity index (χ4n) is 4.04. The first kappa shape index (κ1) is 29.7. The molecule has 3 atom stereocenters. The second-order valence-electron chi connectivity index (χ2n) is 8.92. The molecule has 1 aromatic carbocycles. The summed E-state index contributed by atoms with van der Waals surface area (Å²) in [6.07, 6.45) is 4.75. The maximum Gasteiger partial charge on any atom is 0.326 e. The van der Waals surface area contributed by atoms with Crippen LogP contribution in [0.1, 0.15) is 44.1 Å². The number of aromatic amines is 1. The fraction of sp³-hybridized carbons (Fsp3) is 0.520. The van der Waals surface area contributed by atoms with E-state index >= 15 is 0 Å². The Bertz CT molecular complexity index is 1040. The molecule has 2 aromatic rings. The highest BCUT2D eigenvalue weighted by Crippen LogP contribution is 2.19. The largest absolute Gasteiger partial charge is 0.480 e. The SMILES string of the molecule is NCCCCC(NC(=O)C(CCCCN)NC(=O)C(Cc1c[nH]c2ccccc12)NC(=O)CN)C(=O)O. The van der Waals surface area contributed by atoms with Crippen molar-refractivity contribution < 1.29 is 24.3 Å². The Morgan fingerprint density at radius 3 is 2.03 bits per heavy atom. The predicted octanol–water partition coefficient (Wildman–Crippen LogP) is -0.534. The summed E-state index contributed by atoms with van der Waals surface area (Å²) < 4.78 is 0. The lowest BCUT2D eigenvalue weighted by Gasteiger charge is -2.24. The summed E-state index contributed by atoms with van der Waals surface area (Å²) in [5.41, 5.74) is 18.2. The molecule has 2 rings (SSSR count). The molecule has 0 radical (unpaired) electrons. The highest BCUT2D eigenvalue weighted by Gasteiger charge is 2.29. The second kappa shape index (κ2) is 15.6. The van der Waals surface area contributed by atoms with Crippen LogP contribution in [0.15, 0.2) is 30.5 Å². The molecule has 37 heavy (non-hydrogen) atoms. The predicted molar refractivity (Wildman–Crippen MR) is 140 cm³/mol. The Morgan fingerprint density at radius 1 is 0.811 bits per heavy atom. The molecule has 3 unspecified atom stereocenters. The number of carbonyl (C=O) groups excluding carboxylic acids is 3. The number of nitrogens with two attached hydrogens (primary N) is 3. The third-order valence-electron chi connectivity index (χ3n) is 6.08. The zero-order valence-electron chi connectivity index (χ0n) is 21.0. The van der Waals surface area contributed by atoms with Gasteiger partial charge in [0.25, 0.3) is 0 Å². The molecule has 1 aromatic heterocycles. The lowest BCUT2D eigenvalue weighted by molar-refractivity contribution is -0.142. The van der Waals surface area contributed by atoms with Crippen LogP contribution in [-0.4, -0.2) is 71.5 Å². The Labute approximate surface area is 216 Å². The standard InChI is InChI=1S/C25H39N7O5/c26-11-5-3-9-19(23(34)32-20(25(36)37)10-4-6-12-27)31-24(35)21(30-22(33)14-28)13-16-15-29-18-8-2-1-7-17(16)18/h1-2,7-8,15,19-21,29H,3-6,9-14,26-28H2,(H,30,33)(H,31,35)(H,32,34)(H,36,37). The van der Waals surface area contributed by atoms with Gasteiger partial charge in [-0.05, 0) is 63.2 Å². The average molecular weight is 518 g/mol. The quantitative estimate of drug-likeness (QED) is 0.127. The van der Waals surface area contributed by atoms with Gasteiger partial charge in [0.1, 0.15) is 18.1 Å². The molecule has 11 N–H and O–H groups in total. The lowest BCUT2D eigenvalue weighted by atomic mass is 10.0. The Hall–Kier alpha value is -3.48. The summed E-state index contributed by atoms with van der Waals surface area (Å²) in [5.74, 6) is -2.86. The van der Waals surface area contributed by atoms with E-state index in [1.165, 1.54) is 0 Å². The molecule has 0 bridgehead atoms. The van der Waals surface area contributed by atoms with E-state index in [1.807, 2.05) is 24.3 Å². The van der Waals surface area contributed by atoms with Gasteiger partial charge in [-0.15, -0.1) is 0 Å². The number of nitrogens with one attached hydrogen (secondary N) is 4. The van der Waals surface area contributed by atoms with Crippen LogP contribution in [-0.2, 0) is 25.6 Å². The third kappa shape index (κ3) is 9.48. The molecule has 3 amide bonds. The van der Waals surface area contributed by atoms with Gasteiger partial charge >= 0.3 is 5.97 Å². The van der Waals surface area contributed by atoms with Crippen LogP contribution in [0.2, 0.25) is 0 Å². The van der Waals surface area contributed by atoms with Crippen molar-refractivity contribution in [1.29, 1.82) is 0 Å². The van der Waals surface area contributed by atoms with E-state index in [2.05, 4.69) is 20.9 Å². The summed E-state index contributed by atoms with van der Waals surface area (Å²) in [6, 6.07) is 4.45. The van der Waals surface area contributed by atoms with E-state index in [0.29, 0.717) is 38.8 Å². The summed E-state index contributed by atoms with van der Waals surface area (Å²) in [5, 5.41) is 18.3. The van der Waals surface area contributed by atoms with Crippen molar-refractivity contribution in [1.82, 2.24) is 20.9 Å². The molecule has 0 aliphatic heterocycles. The zero-order chi connectivity index (χ0) is 27.2. The van der Waals surface area contributed by atoms with E-state index in [9.17, 15) is 24.3 Å². The minimum atomic E-state index is -1.16. The highest BCUT2D eigenvalue weighted by atomic mass is 16.4. The fourth-order valence-corrected chi connectivity index (χ4v) is 4.04. The number of aromatic nitrogens is 1. The zero-order valence-corrected chi connectivity index (χ0v) is 21.0. The molecule has 204 valence electrons. The van der Waals surface area contributed by atoms with Gasteiger partial charge < -0.3 is 43.2 Å².